The van der Waals surface area contributed by atoms with E-state index in [0.717, 1.165) is 23.7 Å². The van der Waals surface area contributed by atoms with Gasteiger partial charge in [0.15, 0.2) is 0 Å². The van der Waals surface area contributed by atoms with Crippen molar-refractivity contribution in [2.45, 2.75) is 44.6 Å². The first-order chi connectivity index (χ1) is 12.4. The van der Waals surface area contributed by atoms with Gasteiger partial charge in [-0.3, -0.25) is 0 Å². The van der Waals surface area contributed by atoms with Crippen molar-refractivity contribution >= 4 is 23.3 Å². The maximum atomic E-state index is 4.89. The van der Waals surface area contributed by atoms with Crippen LogP contribution in [0.25, 0.3) is 22.2 Å². The van der Waals surface area contributed by atoms with E-state index in [1.165, 1.54) is 55.2 Å². The van der Waals surface area contributed by atoms with Gasteiger partial charge in [-0.1, -0.05) is 55.0 Å². The van der Waals surface area contributed by atoms with Gasteiger partial charge in [-0.25, -0.2) is 4.98 Å². The second-order valence-corrected chi connectivity index (χ2v) is 7.09. The fourth-order valence-electron chi connectivity index (χ4n) is 3.92. The van der Waals surface area contributed by atoms with E-state index in [9.17, 15) is 0 Å². The summed E-state index contributed by atoms with van der Waals surface area (Å²) in [6.45, 7) is 1.20. The number of hydrogen-bond donors (Lipinski definition) is 1. The summed E-state index contributed by atoms with van der Waals surface area (Å²) in [6.07, 6.45) is 7.70. The zero-order valence-corrected chi connectivity index (χ0v) is 16.0. The number of hydrogen-bond acceptors (Lipinski definition) is 2. The van der Waals surface area contributed by atoms with Gasteiger partial charge in [0.25, 0.3) is 0 Å². The molecule has 1 aliphatic rings. The maximum absolute atomic E-state index is 4.89. The molecule has 0 bridgehead atoms. The SMILES string of the molecule is Cl.c1ccc(-c2cc(CCCC3CCCCN3)c3ccccc3n2)cc1. The molecule has 1 aliphatic heterocycles. The Kier molecular flexibility index (Phi) is 6.65. The first-order valence-electron chi connectivity index (χ1n) is 9.57. The Morgan fingerprint density at radius 3 is 2.58 bits per heavy atom. The van der Waals surface area contributed by atoms with Crippen molar-refractivity contribution in [2.75, 3.05) is 6.54 Å². The van der Waals surface area contributed by atoms with Gasteiger partial charge in [0.1, 0.15) is 0 Å². The molecule has 1 aromatic heterocycles. The van der Waals surface area contributed by atoms with E-state index in [4.69, 9.17) is 4.98 Å². The highest BCUT2D eigenvalue weighted by molar-refractivity contribution is 5.85. The lowest BCUT2D eigenvalue weighted by Gasteiger charge is -2.23. The topological polar surface area (TPSA) is 24.9 Å². The molecule has 1 unspecified atom stereocenters. The van der Waals surface area contributed by atoms with Crippen LogP contribution in [0.2, 0.25) is 0 Å². The molecule has 2 aromatic carbocycles. The molecular formula is C23H27ClN2. The van der Waals surface area contributed by atoms with Gasteiger partial charge in [-0.15, -0.1) is 12.4 Å². The van der Waals surface area contributed by atoms with Crippen LogP contribution in [-0.4, -0.2) is 17.6 Å². The second kappa shape index (κ2) is 9.16. The third kappa shape index (κ3) is 4.44. The van der Waals surface area contributed by atoms with Crippen molar-refractivity contribution in [2.24, 2.45) is 0 Å². The molecule has 2 nitrogen and oxygen atoms in total. The Morgan fingerprint density at radius 1 is 0.962 bits per heavy atom. The van der Waals surface area contributed by atoms with Crippen molar-refractivity contribution in [1.29, 1.82) is 0 Å². The van der Waals surface area contributed by atoms with Crippen LogP contribution in [0, 0.1) is 0 Å². The number of nitrogens with one attached hydrogen (secondary N) is 1. The third-order valence-corrected chi connectivity index (χ3v) is 5.28. The van der Waals surface area contributed by atoms with Crippen LogP contribution in [0.4, 0.5) is 0 Å². The average Bonchev–Trinajstić information content (AvgIpc) is 2.69. The zero-order valence-electron chi connectivity index (χ0n) is 15.2. The fraction of sp³-hybridized carbons (Fsp3) is 0.348. The summed E-state index contributed by atoms with van der Waals surface area (Å²) >= 11 is 0. The van der Waals surface area contributed by atoms with E-state index in [2.05, 4.69) is 66.0 Å². The quantitative estimate of drug-likeness (QED) is 0.618. The Balaban J connectivity index is 0.00000196. The first-order valence-corrected chi connectivity index (χ1v) is 9.57. The summed E-state index contributed by atoms with van der Waals surface area (Å²) in [7, 11) is 0. The van der Waals surface area contributed by atoms with Gasteiger partial charge < -0.3 is 5.32 Å². The molecule has 0 radical (unpaired) electrons. The van der Waals surface area contributed by atoms with Gasteiger partial charge in [0, 0.05) is 17.0 Å². The minimum Gasteiger partial charge on any atom is -0.314 e. The number of halogens is 1. The number of aromatic nitrogens is 1. The number of rotatable bonds is 5. The van der Waals surface area contributed by atoms with E-state index in [1.807, 2.05) is 0 Å². The summed E-state index contributed by atoms with van der Waals surface area (Å²) in [4.78, 5) is 4.89. The van der Waals surface area contributed by atoms with Crippen molar-refractivity contribution < 1.29 is 0 Å². The lowest BCUT2D eigenvalue weighted by atomic mass is 9.96. The van der Waals surface area contributed by atoms with E-state index >= 15 is 0 Å². The van der Waals surface area contributed by atoms with Crippen LogP contribution in [0.15, 0.2) is 60.7 Å². The van der Waals surface area contributed by atoms with Crippen LogP contribution in [0.5, 0.6) is 0 Å². The van der Waals surface area contributed by atoms with Crippen molar-refractivity contribution in [1.82, 2.24) is 10.3 Å². The number of fused-ring (bicyclic) bond motifs is 1. The van der Waals surface area contributed by atoms with Crippen LogP contribution < -0.4 is 5.32 Å². The summed E-state index contributed by atoms with van der Waals surface area (Å²) in [5, 5.41) is 4.97. The van der Waals surface area contributed by atoms with Crippen LogP contribution in [-0.2, 0) is 6.42 Å². The summed E-state index contributed by atoms with van der Waals surface area (Å²) < 4.78 is 0. The molecule has 3 heteroatoms. The zero-order chi connectivity index (χ0) is 16.9. The third-order valence-electron chi connectivity index (χ3n) is 5.28. The van der Waals surface area contributed by atoms with E-state index in [-0.39, 0.29) is 12.4 Å². The first kappa shape index (κ1) is 18.9. The molecule has 0 amide bonds. The van der Waals surface area contributed by atoms with Gasteiger partial charge in [-0.05, 0) is 56.3 Å². The summed E-state index contributed by atoms with van der Waals surface area (Å²) in [5.41, 5.74) is 4.82. The molecule has 3 aromatic rings. The number of para-hydroxylation sites is 1. The monoisotopic (exact) mass is 366 g/mol. The predicted molar refractivity (Wildman–Crippen MR) is 113 cm³/mol. The Hall–Kier alpha value is -1.90. The standard InChI is InChI=1S/C23H26N2.ClH/c1-2-9-18(10-3-1)23-17-19(21-14-4-5-15-22(21)25-23)11-8-13-20-12-6-7-16-24-20;/h1-5,9-10,14-15,17,20,24H,6-8,11-13,16H2;1H. The number of nitrogens with zero attached hydrogens (tertiary/aromatic N) is 1. The highest BCUT2D eigenvalue weighted by Crippen LogP contribution is 2.26. The molecule has 0 saturated carbocycles. The predicted octanol–water partition coefficient (Wildman–Crippen LogP) is 5.79. The van der Waals surface area contributed by atoms with E-state index < -0.39 is 0 Å². The Labute approximate surface area is 162 Å². The van der Waals surface area contributed by atoms with Gasteiger partial charge in [-0.2, -0.15) is 0 Å². The largest absolute Gasteiger partial charge is 0.314 e. The number of piperidine rings is 1. The molecule has 1 atom stereocenters. The van der Waals surface area contributed by atoms with Gasteiger partial charge in [0.05, 0.1) is 11.2 Å². The van der Waals surface area contributed by atoms with E-state index in [0.29, 0.717) is 0 Å². The second-order valence-electron chi connectivity index (χ2n) is 7.09. The smallest absolute Gasteiger partial charge is 0.0712 e. The lowest BCUT2D eigenvalue weighted by molar-refractivity contribution is 0.376. The highest BCUT2D eigenvalue weighted by Gasteiger charge is 2.13. The lowest BCUT2D eigenvalue weighted by Crippen LogP contribution is -2.33. The average molecular weight is 367 g/mol. The molecule has 136 valence electrons. The molecular weight excluding hydrogens is 340 g/mol. The summed E-state index contributed by atoms with van der Waals surface area (Å²) in [5.74, 6) is 0. The molecule has 0 aliphatic carbocycles. The highest BCUT2D eigenvalue weighted by atomic mass is 35.5. The normalized spacial score (nSPS) is 17.0. The minimum atomic E-state index is 0. The summed E-state index contributed by atoms with van der Waals surface area (Å²) in [6, 6.07) is 22.1. The Bertz CT molecular complexity index is 826. The molecule has 26 heavy (non-hydrogen) atoms. The fourth-order valence-corrected chi connectivity index (χ4v) is 3.92. The Morgan fingerprint density at radius 2 is 1.77 bits per heavy atom. The number of benzene rings is 2. The maximum Gasteiger partial charge on any atom is 0.0712 e. The van der Waals surface area contributed by atoms with Crippen LogP contribution in [0.1, 0.15) is 37.7 Å². The molecule has 1 saturated heterocycles. The molecule has 4 rings (SSSR count). The number of aryl methyl sites for hydroxylation is 1. The molecule has 2 heterocycles. The van der Waals surface area contributed by atoms with Gasteiger partial charge >= 0.3 is 0 Å². The number of pyridine rings is 1. The van der Waals surface area contributed by atoms with Crippen molar-refractivity contribution in [3.05, 3.63) is 66.2 Å². The van der Waals surface area contributed by atoms with Crippen molar-refractivity contribution in [3.63, 3.8) is 0 Å². The molecule has 1 N–H and O–H groups in total. The molecule has 1 fully saturated rings. The minimum absolute atomic E-state index is 0. The van der Waals surface area contributed by atoms with Crippen LogP contribution in [0.3, 0.4) is 0 Å². The van der Waals surface area contributed by atoms with Gasteiger partial charge in [0.2, 0.25) is 0 Å². The van der Waals surface area contributed by atoms with Crippen LogP contribution >= 0.6 is 12.4 Å². The van der Waals surface area contributed by atoms with E-state index in [1.54, 1.807) is 0 Å². The van der Waals surface area contributed by atoms with Crippen molar-refractivity contribution in [3.8, 4) is 11.3 Å². The molecule has 0 spiro atoms.